The zero-order valence-electron chi connectivity index (χ0n) is 21.8. The molecule has 2 N–H and O–H groups in total. The molecule has 0 atom stereocenters. The summed E-state index contributed by atoms with van der Waals surface area (Å²) in [5, 5.41) is 3.83. The first-order valence-electron chi connectivity index (χ1n) is 12.8. The number of hydrogen-bond acceptors (Lipinski definition) is 7. The third-order valence-corrected chi connectivity index (χ3v) is 7.33. The minimum atomic E-state index is -4.97. The second kappa shape index (κ2) is 12.0. The van der Waals surface area contributed by atoms with E-state index in [1.54, 1.807) is 17.3 Å². The number of oxime groups is 1. The standard InChI is InChI=1S/C26H30F6N6O2/c1-40-36-22(19-10-20(25(27,28)29)12-21(11-19)26(30,31)32)17-4-8-38(9-5-17)23(39)18-2-6-37(7-3-18)15-16-13-34-24(33)35-14-16/h10-14,17-18H,2-9,15H2,1H3,(H2,33,34,35)/b36-22-. The van der Waals surface area contributed by atoms with E-state index in [1.165, 1.54) is 7.11 Å². The van der Waals surface area contributed by atoms with Gasteiger partial charge in [-0.05, 0) is 57.0 Å². The predicted molar refractivity (Wildman–Crippen MR) is 134 cm³/mol. The van der Waals surface area contributed by atoms with Gasteiger partial charge in [-0.2, -0.15) is 26.3 Å². The first-order chi connectivity index (χ1) is 18.8. The number of hydrogen-bond donors (Lipinski definition) is 1. The number of aromatic nitrogens is 2. The summed E-state index contributed by atoms with van der Waals surface area (Å²) in [6.45, 7) is 2.73. The molecule has 14 heteroatoms. The fourth-order valence-electron chi connectivity index (χ4n) is 5.24. The Morgan fingerprint density at radius 2 is 1.45 bits per heavy atom. The van der Waals surface area contributed by atoms with Gasteiger partial charge in [0.2, 0.25) is 11.9 Å². The van der Waals surface area contributed by atoms with E-state index in [0.29, 0.717) is 57.5 Å². The fourth-order valence-corrected chi connectivity index (χ4v) is 5.24. The molecule has 1 amide bonds. The highest BCUT2D eigenvalue weighted by Crippen LogP contribution is 2.37. The normalized spacial score (nSPS) is 18.7. The lowest BCUT2D eigenvalue weighted by Crippen LogP contribution is -2.46. The molecule has 0 aliphatic carbocycles. The summed E-state index contributed by atoms with van der Waals surface area (Å²) in [6.07, 6.45) is -4.57. The number of rotatable bonds is 6. The van der Waals surface area contributed by atoms with E-state index in [1.807, 2.05) is 0 Å². The topological polar surface area (TPSA) is 96.9 Å². The van der Waals surface area contributed by atoms with Gasteiger partial charge in [0.25, 0.3) is 0 Å². The van der Waals surface area contributed by atoms with Crippen LogP contribution in [-0.2, 0) is 28.5 Å². The van der Waals surface area contributed by atoms with Crippen LogP contribution in [0.2, 0.25) is 0 Å². The van der Waals surface area contributed by atoms with Crippen LogP contribution in [0.3, 0.4) is 0 Å². The lowest BCUT2D eigenvalue weighted by Gasteiger charge is -2.37. The molecule has 2 fully saturated rings. The number of anilines is 1. The van der Waals surface area contributed by atoms with Crippen LogP contribution in [0.5, 0.6) is 0 Å². The Morgan fingerprint density at radius 3 is 1.95 bits per heavy atom. The summed E-state index contributed by atoms with van der Waals surface area (Å²) >= 11 is 0. The van der Waals surface area contributed by atoms with Crippen LogP contribution in [0.4, 0.5) is 32.3 Å². The molecular weight excluding hydrogens is 542 g/mol. The van der Waals surface area contributed by atoms with Gasteiger partial charge >= 0.3 is 12.4 Å². The van der Waals surface area contributed by atoms with Crippen molar-refractivity contribution in [3.05, 3.63) is 52.8 Å². The average molecular weight is 573 g/mol. The number of carbonyl (C=O) groups excluding carboxylic acids is 1. The van der Waals surface area contributed by atoms with Crippen molar-refractivity contribution in [3.8, 4) is 0 Å². The second-order valence-electron chi connectivity index (χ2n) is 10.1. The van der Waals surface area contributed by atoms with E-state index in [9.17, 15) is 31.1 Å². The highest BCUT2D eigenvalue weighted by atomic mass is 19.4. The van der Waals surface area contributed by atoms with Crippen molar-refractivity contribution in [3.63, 3.8) is 0 Å². The SMILES string of the molecule is CO/N=C(\c1cc(C(F)(F)F)cc(C(F)(F)F)c1)C1CCN(C(=O)C2CCN(Cc3cnc(N)nc3)CC2)CC1. The van der Waals surface area contributed by atoms with Gasteiger partial charge in [0.15, 0.2) is 0 Å². The summed E-state index contributed by atoms with van der Waals surface area (Å²) in [5.41, 5.74) is 3.33. The molecule has 0 bridgehead atoms. The maximum absolute atomic E-state index is 13.4. The minimum absolute atomic E-state index is 0.00570. The zero-order valence-corrected chi connectivity index (χ0v) is 21.8. The van der Waals surface area contributed by atoms with Crippen LogP contribution < -0.4 is 5.73 Å². The molecule has 2 aromatic rings. The van der Waals surface area contributed by atoms with E-state index in [4.69, 9.17) is 10.6 Å². The first kappa shape index (κ1) is 29.6. The monoisotopic (exact) mass is 572 g/mol. The number of halogens is 6. The number of nitrogen functional groups attached to an aromatic ring is 1. The smallest absolute Gasteiger partial charge is 0.399 e. The molecule has 1 aromatic carbocycles. The van der Waals surface area contributed by atoms with E-state index in [0.717, 1.165) is 18.7 Å². The fraction of sp³-hybridized carbons (Fsp3) is 0.538. The highest BCUT2D eigenvalue weighted by Gasteiger charge is 2.39. The quantitative estimate of drug-likeness (QED) is 0.309. The number of benzene rings is 1. The predicted octanol–water partition coefficient (Wildman–Crippen LogP) is 4.60. The van der Waals surface area contributed by atoms with Crippen molar-refractivity contribution in [1.29, 1.82) is 0 Å². The van der Waals surface area contributed by atoms with Gasteiger partial charge in [-0.1, -0.05) is 5.16 Å². The van der Waals surface area contributed by atoms with Gasteiger partial charge in [-0.25, -0.2) is 9.97 Å². The molecule has 0 radical (unpaired) electrons. The number of nitrogens with two attached hydrogens (primary N) is 1. The lowest BCUT2D eigenvalue weighted by molar-refractivity contribution is -0.143. The van der Waals surface area contributed by atoms with E-state index >= 15 is 0 Å². The summed E-state index contributed by atoms with van der Waals surface area (Å²) in [7, 11) is 1.18. The number of nitrogens with zero attached hydrogens (tertiary/aromatic N) is 5. The molecule has 3 heterocycles. The van der Waals surface area contributed by atoms with Gasteiger partial charge in [0.05, 0.1) is 16.8 Å². The molecular formula is C26H30F6N6O2. The van der Waals surface area contributed by atoms with Crippen LogP contribution in [0.1, 0.15) is 47.9 Å². The number of alkyl halides is 6. The molecule has 8 nitrogen and oxygen atoms in total. The molecule has 2 aliphatic heterocycles. The van der Waals surface area contributed by atoms with Gasteiger partial charge in [-0.15, -0.1) is 0 Å². The summed E-state index contributed by atoms with van der Waals surface area (Å²) in [4.78, 5) is 29.9. The maximum atomic E-state index is 13.4. The van der Waals surface area contributed by atoms with Gasteiger partial charge in [-0.3, -0.25) is 9.69 Å². The molecule has 2 aliphatic rings. The van der Waals surface area contributed by atoms with Crippen molar-refractivity contribution >= 4 is 17.6 Å². The lowest BCUT2D eigenvalue weighted by atomic mass is 9.86. The molecule has 4 rings (SSSR count). The van der Waals surface area contributed by atoms with Crippen LogP contribution in [0.15, 0.2) is 35.7 Å². The minimum Gasteiger partial charge on any atom is -0.399 e. The Morgan fingerprint density at radius 1 is 0.925 bits per heavy atom. The number of carbonyl (C=O) groups is 1. The van der Waals surface area contributed by atoms with E-state index in [-0.39, 0.29) is 35.1 Å². The van der Waals surface area contributed by atoms with Crippen molar-refractivity contribution in [2.45, 2.75) is 44.6 Å². The molecule has 0 unspecified atom stereocenters. The van der Waals surface area contributed by atoms with Crippen LogP contribution in [0.25, 0.3) is 0 Å². The second-order valence-corrected chi connectivity index (χ2v) is 10.1. The third kappa shape index (κ3) is 7.20. The van der Waals surface area contributed by atoms with Crippen LogP contribution in [-0.4, -0.2) is 64.7 Å². The van der Waals surface area contributed by atoms with E-state index in [2.05, 4.69) is 20.0 Å². The van der Waals surface area contributed by atoms with Crippen LogP contribution >= 0.6 is 0 Å². The van der Waals surface area contributed by atoms with Crippen molar-refractivity contribution in [2.24, 2.45) is 17.0 Å². The number of amides is 1. The van der Waals surface area contributed by atoms with Gasteiger partial charge < -0.3 is 15.5 Å². The molecule has 40 heavy (non-hydrogen) atoms. The molecule has 0 saturated carbocycles. The molecule has 1 aromatic heterocycles. The Hall–Kier alpha value is -3.42. The first-order valence-corrected chi connectivity index (χ1v) is 12.8. The van der Waals surface area contributed by atoms with Gasteiger partial charge in [0, 0.05) is 55.0 Å². The number of piperidine rings is 2. The van der Waals surface area contributed by atoms with Crippen LogP contribution in [0, 0.1) is 11.8 Å². The zero-order chi connectivity index (χ0) is 29.1. The van der Waals surface area contributed by atoms with Crippen molar-refractivity contribution in [2.75, 3.05) is 39.0 Å². The molecule has 0 spiro atoms. The van der Waals surface area contributed by atoms with Gasteiger partial charge in [0.1, 0.15) is 7.11 Å². The Kier molecular flexibility index (Phi) is 8.86. The summed E-state index contributed by atoms with van der Waals surface area (Å²) in [5.74, 6) is -0.408. The Balaban J connectivity index is 1.38. The Bertz CT molecular complexity index is 1170. The largest absolute Gasteiger partial charge is 0.416 e. The van der Waals surface area contributed by atoms with Crippen molar-refractivity contribution in [1.82, 2.24) is 19.8 Å². The molecule has 218 valence electrons. The maximum Gasteiger partial charge on any atom is 0.416 e. The summed E-state index contributed by atoms with van der Waals surface area (Å²) in [6, 6.07) is 1.41. The van der Waals surface area contributed by atoms with E-state index < -0.39 is 29.4 Å². The number of likely N-dealkylation sites (tertiary alicyclic amines) is 2. The average Bonchev–Trinajstić information content (AvgIpc) is 2.92. The third-order valence-electron chi connectivity index (χ3n) is 7.33. The van der Waals surface area contributed by atoms with Crippen molar-refractivity contribution < 1.29 is 36.0 Å². The Labute approximate surface area is 227 Å². The molecule has 2 saturated heterocycles. The highest BCUT2D eigenvalue weighted by molar-refractivity contribution is 6.02. The summed E-state index contributed by atoms with van der Waals surface area (Å²) < 4.78 is 80.4.